The van der Waals surface area contributed by atoms with E-state index in [1.807, 2.05) is 12.1 Å². The lowest BCUT2D eigenvalue weighted by Gasteiger charge is -2.16. The van der Waals surface area contributed by atoms with Gasteiger partial charge in [-0.1, -0.05) is 12.1 Å². The largest absolute Gasteiger partial charge is 0.504 e. The highest BCUT2D eigenvalue weighted by molar-refractivity contribution is 5.45. The van der Waals surface area contributed by atoms with Gasteiger partial charge in [0, 0.05) is 31.2 Å². The summed E-state index contributed by atoms with van der Waals surface area (Å²) in [5, 5.41) is 13.3. The first kappa shape index (κ1) is 13.2. The number of nitrogens with one attached hydrogen (secondary N) is 1. The van der Waals surface area contributed by atoms with Gasteiger partial charge in [-0.3, -0.25) is 0 Å². The van der Waals surface area contributed by atoms with Gasteiger partial charge in [0.15, 0.2) is 11.5 Å². The van der Waals surface area contributed by atoms with E-state index in [0.29, 0.717) is 12.3 Å². The van der Waals surface area contributed by atoms with Crippen molar-refractivity contribution < 1.29 is 9.84 Å². The minimum absolute atomic E-state index is 0.239. The molecule has 0 aromatic heterocycles. The number of likely N-dealkylation sites (N-methyl/N-ethyl adjacent to an activating group) is 1. The highest BCUT2D eigenvalue weighted by Gasteiger charge is 2.25. The molecular formula is C14H22N2O2. The van der Waals surface area contributed by atoms with E-state index >= 15 is 0 Å². The third-order valence-electron chi connectivity index (χ3n) is 3.43. The maximum absolute atomic E-state index is 9.92. The maximum atomic E-state index is 9.92. The molecule has 0 atom stereocenters. The van der Waals surface area contributed by atoms with Crippen LogP contribution in [-0.2, 0) is 6.54 Å². The molecule has 4 nitrogen and oxygen atoms in total. The summed E-state index contributed by atoms with van der Waals surface area (Å²) in [6.45, 7) is 2.65. The Labute approximate surface area is 109 Å². The first-order valence-electron chi connectivity index (χ1n) is 6.48. The number of hydrogen-bond acceptors (Lipinski definition) is 4. The molecule has 2 N–H and O–H groups in total. The number of benzene rings is 1. The van der Waals surface area contributed by atoms with Gasteiger partial charge in [-0.2, -0.15) is 0 Å². The minimum atomic E-state index is 0.239. The lowest BCUT2D eigenvalue weighted by Crippen LogP contribution is -2.30. The lowest BCUT2D eigenvalue weighted by molar-refractivity contribution is 0.321. The molecule has 1 aliphatic rings. The van der Waals surface area contributed by atoms with Gasteiger partial charge in [0.2, 0.25) is 0 Å². The van der Waals surface area contributed by atoms with E-state index in [2.05, 4.69) is 17.3 Å². The second-order valence-corrected chi connectivity index (χ2v) is 4.86. The Morgan fingerprint density at radius 1 is 1.44 bits per heavy atom. The average Bonchev–Trinajstić information content (AvgIpc) is 3.20. The number of phenolic OH excluding ortho intramolecular Hbond substituents is 1. The van der Waals surface area contributed by atoms with Crippen LogP contribution in [0.3, 0.4) is 0 Å². The van der Waals surface area contributed by atoms with Crippen LogP contribution in [-0.4, -0.2) is 43.3 Å². The first-order chi connectivity index (χ1) is 8.72. The zero-order chi connectivity index (χ0) is 13.0. The van der Waals surface area contributed by atoms with Crippen molar-refractivity contribution in [3.8, 4) is 11.5 Å². The van der Waals surface area contributed by atoms with E-state index in [0.717, 1.165) is 24.7 Å². The van der Waals surface area contributed by atoms with Crippen LogP contribution < -0.4 is 10.1 Å². The van der Waals surface area contributed by atoms with Crippen molar-refractivity contribution in [2.75, 3.05) is 27.2 Å². The van der Waals surface area contributed by atoms with Crippen LogP contribution in [0.4, 0.5) is 0 Å². The normalized spacial score (nSPS) is 15.1. The molecule has 1 aromatic rings. The molecular weight excluding hydrogens is 228 g/mol. The fourth-order valence-corrected chi connectivity index (χ4v) is 2.05. The van der Waals surface area contributed by atoms with Crippen LogP contribution in [0.15, 0.2) is 18.2 Å². The zero-order valence-corrected chi connectivity index (χ0v) is 11.1. The van der Waals surface area contributed by atoms with Gasteiger partial charge >= 0.3 is 0 Å². The number of hydrogen-bond donors (Lipinski definition) is 2. The highest BCUT2D eigenvalue weighted by Crippen LogP contribution is 2.29. The molecule has 0 aliphatic heterocycles. The van der Waals surface area contributed by atoms with Gasteiger partial charge in [-0.25, -0.2) is 0 Å². The molecule has 18 heavy (non-hydrogen) atoms. The molecule has 0 amide bonds. The van der Waals surface area contributed by atoms with E-state index in [4.69, 9.17) is 4.74 Å². The molecule has 1 aromatic carbocycles. The second kappa shape index (κ2) is 6.07. The number of ether oxygens (including phenoxy) is 1. The summed E-state index contributed by atoms with van der Waals surface area (Å²) >= 11 is 0. The quantitative estimate of drug-likeness (QED) is 0.721. The van der Waals surface area contributed by atoms with Crippen molar-refractivity contribution in [1.82, 2.24) is 10.2 Å². The fraction of sp³-hybridized carbons (Fsp3) is 0.571. The number of nitrogens with zero attached hydrogens (tertiary/aromatic N) is 1. The Bertz CT molecular complexity index is 391. The molecule has 1 saturated carbocycles. The number of aromatic hydroxyl groups is 1. The lowest BCUT2D eigenvalue weighted by atomic mass is 10.2. The molecule has 0 radical (unpaired) electrons. The van der Waals surface area contributed by atoms with Gasteiger partial charge in [0.05, 0.1) is 7.11 Å². The zero-order valence-electron chi connectivity index (χ0n) is 11.1. The molecule has 100 valence electrons. The summed E-state index contributed by atoms with van der Waals surface area (Å²) in [5.41, 5.74) is 0.878. The Kier molecular flexibility index (Phi) is 4.44. The fourth-order valence-electron chi connectivity index (χ4n) is 2.05. The third kappa shape index (κ3) is 3.37. The van der Waals surface area contributed by atoms with E-state index < -0.39 is 0 Å². The Balaban J connectivity index is 1.75. The maximum Gasteiger partial charge on any atom is 0.162 e. The van der Waals surface area contributed by atoms with E-state index in [1.54, 1.807) is 13.2 Å². The van der Waals surface area contributed by atoms with Gasteiger partial charge in [0.1, 0.15) is 0 Å². The van der Waals surface area contributed by atoms with Crippen molar-refractivity contribution in [2.45, 2.75) is 25.4 Å². The Morgan fingerprint density at radius 3 is 2.89 bits per heavy atom. The number of phenols is 1. The highest BCUT2D eigenvalue weighted by atomic mass is 16.5. The summed E-state index contributed by atoms with van der Waals surface area (Å²) in [6, 6.07) is 6.37. The van der Waals surface area contributed by atoms with Gasteiger partial charge in [0.25, 0.3) is 0 Å². The predicted molar refractivity (Wildman–Crippen MR) is 72.0 cm³/mol. The summed E-state index contributed by atoms with van der Waals surface area (Å²) in [6.07, 6.45) is 2.68. The Morgan fingerprint density at radius 2 is 2.22 bits per heavy atom. The monoisotopic (exact) mass is 250 g/mol. The second-order valence-electron chi connectivity index (χ2n) is 4.86. The molecule has 4 heteroatoms. The van der Waals surface area contributed by atoms with Crippen molar-refractivity contribution in [1.29, 1.82) is 0 Å². The summed E-state index contributed by atoms with van der Waals surface area (Å²) in [4.78, 5) is 2.39. The van der Waals surface area contributed by atoms with Crippen molar-refractivity contribution >= 4 is 0 Å². The standard InChI is InChI=1S/C14H22N2O2/c1-16(12-6-7-12)9-8-15-10-11-4-3-5-13(18-2)14(11)17/h3-5,12,15,17H,6-10H2,1-2H3. The van der Waals surface area contributed by atoms with Crippen LogP contribution in [0.5, 0.6) is 11.5 Å². The van der Waals surface area contributed by atoms with Gasteiger partial charge in [-0.05, 0) is 26.0 Å². The number of methoxy groups -OCH3 is 1. The first-order valence-corrected chi connectivity index (χ1v) is 6.48. The molecule has 1 aliphatic carbocycles. The average molecular weight is 250 g/mol. The number of rotatable bonds is 7. The van der Waals surface area contributed by atoms with E-state index in [1.165, 1.54) is 12.8 Å². The van der Waals surface area contributed by atoms with Crippen molar-refractivity contribution in [2.24, 2.45) is 0 Å². The molecule has 1 fully saturated rings. The minimum Gasteiger partial charge on any atom is -0.504 e. The predicted octanol–water partition coefficient (Wildman–Crippen LogP) is 1.58. The molecule has 0 heterocycles. The molecule has 0 spiro atoms. The molecule has 0 unspecified atom stereocenters. The number of para-hydroxylation sites is 1. The van der Waals surface area contributed by atoms with Crippen molar-refractivity contribution in [3.63, 3.8) is 0 Å². The van der Waals surface area contributed by atoms with Crippen molar-refractivity contribution in [3.05, 3.63) is 23.8 Å². The molecule has 2 rings (SSSR count). The van der Waals surface area contributed by atoms with Crippen LogP contribution >= 0.6 is 0 Å². The topological polar surface area (TPSA) is 44.7 Å². The van der Waals surface area contributed by atoms with Crippen LogP contribution in [0, 0.1) is 0 Å². The van der Waals surface area contributed by atoms with Gasteiger partial charge < -0.3 is 20.1 Å². The van der Waals surface area contributed by atoms with Crippen LogP contribution in [0.25, 0.3) is 0 Å². The SMILES string of the molecule is COc1cccc(CNCCN(C)C2CC2)c1O. The summed E-state index contributed by atoms with van der Waals surface area (Å²) < 4.78 is 5.08. The summed E-state index contributed by atoms with van der Waals surface area (Å²) in [5.74, 6) is 0.771. The van der Waals surface area contributed by atoms with Gasteiger partial charge in [-0.15, -0.1) is 0 Å². The summed E-state index contributed by atoms with van der Waals surface area (Å²) in [7, 11) is 3.74. The Hall–Kier alpha value is -1.26. The van der Waals surface area contributed by atoms with E-state index in [-0.39, 0.29) is 5.75 Å². The smallest absolute Gasteiger partial charge is 0.162 e. The van der Waals surface area contributed by atoms with Crippen LogP contribution in [0.2, 0.25) is 0 Å². The third-order valence-corrected chi connectivity index (χ3v) is 3.43. The van der Waals surface area contributed by atoms with E-state index in [9.17, 15) is 5.11 Å². The molecule has 0 saturated heterocycles. The van der Waals surface area contributed by atoms with Crippen LogP contribution in [0.1, 0.15) is 18.4 Å². The molecule has 0 bridgehead atoms.